The Kier molecular flexibility index (Phi) is 3.94. The van der Waals surface area contributed by atoms with E-state index in [0.717, 1.165) is 17.8 Å². The van der Waals surface area contributed by atoms with Crippen molar-refractivity contribution in [1.82, 2.24) is 0 Å². The first-order valence-electron chi connectivity index (χ1n) is 7.10. The number of rotatable bonds is 6. The van der Waals surface area contributed by atoms with E-state index in [4.69, 9.17) is 0 Å². The lowest BCUT2D eigenvalue weighted by Crippen LogP contribution is -2.20. The van der Waals surface area contributed by atoms with Gasteiger partial charge in [0, 0.05) is 10.2 Å². The molecule has 89 valence electrons. The lowest BCUT2D eigenvalue weighted by molar-refractivity contribution is 0.315. The van der Waals surface area contributed by atoms with Gasteiger partial charge in [-0.1, -0.05) is 51.7 Å². The van der Waals surface area contributed by atoms with Crippen molar-refractivity contribution in [2.45, 2.75) is 63.8 Å². The molecule has 3 radical (unpaired) electrons. The summed E-state index contributed by atoms with van der Waals surface area (Å²) >= 11 is 0. The number of allylic oxidation sites excluding steroid dienone is 2. The summed E-state index contributed by atoms with van der Waals surface area (Å²) < 4.78 is 0. The first-order valence-corrected chi connectivity index (χ1v) is 7.60. The molecule has 0 heterocycles. The summed E-state index contributed by atoms with van der Waals surface area (Å²) in [6.45, 7) is 4.62. The fourth-order valence-corrected chi connectivity index (χ4v) is 4.68. The molecule has 0 amide bonds. The molecule has 0 aromatic rings. The molecule has 16 heavy (non-hydrogen) atoms. The van der Waals surface area contributed by atoms with Crippen molar-refractivity contribution in [3.8, 4) is 0 Å². The molecule has 3 atom stereocenters. The second kappa shape index (κ2) is 5.08. The molecule has 1 heteroatoms. The van der Waals surface area contributed by atoms with Gasteiger partial charge < -0.3 is 0 Å². The predicted octanol–water partition coefficient (Wildman–Crippen LogP) is 4.52. The van der Waals surface area contributed by atoms with Gasteiger partial charge in [0.1, 0.15) is 0 Å². The van der Waals surface area contributed by atoms with E-state index in [0.29, 0.717) is 5.04 Å². The average Bonchev–Trinajstić information content (AvgIpc) is 2.79. The van der Waals surface area contributed by atoms with Crippen LogP contribution in [0.25, 0.3) is 0 Å². The van der Waals surface area contributed by atoms with Crippen LogP contribution in [0.5, 0.6) is 0 Å². The molecular formula is C15H25Si. The van der Waals surface area contributed by atoms with Gasteiger partial charge in [0.05, 0.1) is 0 Å². The van der Waals surface area contributed by atoms with Crippen LogP contribution in [-0.2, 0) is 0 Å². The van der Waals surface area contributed by atoms with Gasteiger partial charge in [-0.2, -0.15) is 0 Å². The van der Waals surface area contributed by atoms with Gasteiger partial charge in [-0.05, 0) is 42.1 Å². The monoisotopic (exact) mass is 233 g/mol. The Hall–Kier alpha value is -0.0431. The molecule has 0 aromatic heterocycles. The summed E-state index contributed by atoms with van der Waals surface area (Å²) in [5.41, 5.74) is 0. The minimum atomic E-state index is 0.437. The molecule has 0 saturated heterocycles. The molecule has 2 rings (SSSR count). The van der Waals surface area contributed by atoms with Crippen LogP contribution < -0.4 is 0 Å². The molecule has 0 spiro atoms. The second-order valence-electron chi connectivity index (χ2n) is 6.02. The highest BCUT2D eigenvalue weighted by Gasteiger charge is 2.39. The summed E-state index contributed by atoms with van der Waals surface area (Å²) in [7, 11) is 4.12. The van der Waals surface area contributed by atoms with Crippen LogP contribution in [0.4, 0.5) is 0 Å². The zero-order valence-electron chi connectivity index (χ0n) is 10.8. The molecule has 0 aromatic carbocycles. The van der Waals surface area contributed by atoms with Crippen molar-refractivity contribution < 1.29 is 0 Å². The van der Waals surface area contributed by atoms with Gasteiger partial charge >= 0.3 is 0 Å². The van der Waals surface area contributed by atoms with E-state index in [1.165, 1.54) is 44.9 Å². The Morgan fingerprint density at radius 2 is 1.81 bits per heavy atom. The highest BCUT2D eigenvalue weighted by atomic mass is 28.1. The van der Waals surface area contributed by atoms with Gasteiger partial charge in [0.25, 0.3) is 0 Å². The van der Waals surface area contributed by atoms with Crippen molar-refractivity contribution in [2.75, 3.05) is 0 Å². The largest absolute Gasteiger partial charge is 0.0851 e. The fraction of sp³-hybridized carbons (Fsp3) is 0.867. The molecule has 0 N–H and O–H groups in total. The SMILES string of the molecule is CCCC([Si])(CCC)CC1CC2C=CC1C2. The van der Waals surface area contributed by atoms with E-state index in [2.05, 4.69) is 36.2 Å². The van der Waals surface area contributed by atoms with Gasteiger partial charge in [0.2, 0.25) is 0 Å². The lowest BCUT2D eigenvalue weighted by atomic mass is 9.81. The first kappa shape index (κ1) is 12.4. The number of hydrogen-bond donors (Lipinski definition) is 0. The van der Waals surface area contributed by atoms with Crippen molar-refractivity contribution >= 4 is 10.2 Å². The standard InChI is InChI=1S/C15H25Si/c1-3-7-15(16,8-4-2)11-14-10-12-5-6-13(14)9-12/h5-6,12-14H,3-4,7-11H2,1-2H3. The van der Waals surface area contributed by atoms with E-state index in [-0.39, 0.29) is 0 Å². The summed E-state index contributed by atoms with van der Waals surface area (Å²) in [5.74, 6) is 2.80. The van der Waals surface area contributed by atoms with Crippen LogP contribution in [-0.4, -0.2) is 10.2 Å². The van der Waals surface area contributed by atoms with Gasteiger partial charge in [-0.3, -0.25) is 0 Å². The first-order chi connectivity index (χ1) is 7.67. The Labute approximate surface area is 104 Å². The van der Waals surface area contributed by atoms with Crippen LogP contribution in [0.3, 0.4) is 0 Å². The van der Waals surface area contributed by atoms with Gasteiger partial charge in [-0.15, -0.1) is 0 Å². The molecule has 2 aliphatic carbocycles. The molecular weight excluding hydrogens is 208 g/mol. The summed E-state index contributed by atoms with van der Waals surface area (Å²) in [5, 5.41) is 0.437. The quantitative estimate of drug-likeness (QED) is 0.467. The zero-order valence-corrected chi connectivity index (χ0v) is 11.8. The third kappa shape index (κ3) is 2.61. The molecule has 1 fully saturated rings. The normalized spacial score (nSPS) is 32.6. The maximum atomic E-state index is 4.12. The van der Waals surface area contributed by atoms with Crippen molar-refractivity contribution in [1.29, 1.82) is 0 Å². The van der Waals surface area contributed by atoms with E-state index >= 15 is 0 Å². The van der Waals surface area contributed by atoms with E-state index < -0.39 is 0 Å². The average molecular weight is 233 g/mol. The minimum Gasteiger partial charge on any atom is -0.0851 e. The van der Waals surface area contributed by atoms with Crippen molar-refractivity contribution in [3.05, 3.63) is 12.2 Å². The molecule has 2 aliphatic rings. The predicted molar refractivity (Wildman–Crippen MR) is 71.7 cm³/mol. The Morgan fingerprint density at radius 3 is 2.25 bits per heavy atom. The van der Waals surface area contributed by atoms with Gasteiger partial charge in [0.15, 0.2) is 0 Å². The second-order valence-corrected chi connectivity index (χ2v) is 7.09. The molecule has 0 aliphatic heterocycles. The molecule has 2 bridgehead atoms. The molecule has 0 nitrogen and oxygen atoms in total. The maximum absolute atomic E-state index is 4.12. The smallest absolute Gasteiger partial charge is 0.0313 e. The third-order valence-corrected chi connectivity index (χ3v) is 5.23. The van der Waals surface area contributed by atoms with Crippen LogP contribution >= 0.6 is 0 Å². The van der Waals surface area contributed by atoms with Crippen LogP contribution in [0.15, 0.2) is 12.2 Å². The highest BCUT2D eigenvalue weighted by molar-refractivity contribution is 6.15. The lowest BCUT2D eigenvalue weighted by Gasteiger charge is -2.34. The minimum absolute atomic E-state index is 0.437. The van der Waals surface area contributed by atoms with Crippen LogP contribution in [0.2, 0.25) is 5.04 Å². The summed E-state index contributed by atoms with van der Waals surface area (Å²) in [6.07, 6.45) is 14.5. The summed E-state index contributed by atoms with van der Waals surface area (Å²) in [6, 6.07) is 0. The Bertz CT molecular complexity index is 250. The molecule has 1 saturated carbocycles. The van der Waals surface area contributed by atoms with Crippen molar-refractivity contribution in [2.24, 2.45) is 17.8 Å². The van der Waals surface area contributed by atoms with E-state index in [1.54, 1.807) is 0 Å². The van der Waals surface area contributed by atoms with Crippen LogP contribution in [0.1, 0.15) is 58.8 Å². The van der Waals surface area contributed by atoms with Crippen LogP contribution in [0, 0.1) is 17.8 Å². The molecule has 3 unspecified atom stereocenters. The van der Waals surface area contributed by atoms with E-state index in [1.807, 2.05) is 0 Å². The third-order valence-electron chi connectivity index (χ3n) is 4.53. The zero-order chi connectivity index (χ0) is 11.6. The topological polar surface area (TPSA) is 0 Å². The summed E-state index contributed by atoms with van der Waals surface area (Å²) in [4.78, 5) is 0. The number of hydrogen-bond acceptors (Lipinski definition) is 0. The highest BCUT2D eigenvalue weighted by Crippen LogP contribution is 2.51. The Morgan fingerprint density at radius 1 is 1.12 bits per heavy atom. The van der Waals surface area contributed by atoms with Gasteiger partial charge in [-0.25, -0.2) is 0 Å². The van der Waals surface area contributed by atoms with Crippen molar-refractivity contribution in [3.63, 3.8) is 0 Å². The fourth-order valence-electron chi connectivity index (χ4n) is 3.92. The Balaban J connectivity index is 1.93. The van der Waals surface area contributed by atoms with E-state index in [9.17, 15) is 0 Å². The maximum Gasteiger partial charge on any atom is 0.0313 e. The number of fused-ring (bicyclic) bond motifs is 2.